The van der Waals surface area contributed by atoms with Crippen molar-refractivity contribution in [1.29, 1.82) is 0 Å². The minimum Gasteiger partial charge on any atom is -0.387 e. The number of nitrogens with one attached hydrogen (secondary N) is 3. The Morgan fingerprint density at radius 1 is 1.22 bits per heavy atom. The van der Waals surface area contributed by atoms with Crippen LogP contribution in [0, 0.1) is 6.92 Å². The fourth-order valence-corrected chi connectivity index (χ4v) is 1.58. The Kier molecular flexibility index (Phi) is 5.17. The quantitative estimate of drug-likeness (QED) is 0.726. The van der Waals surface area contributed by atoms with Gasteiger partial charge in [-0.2, -0.15) is 0 Å². The lowest BCUT2D eigenvalue weighted by molar-refractivity contribution is -0.120. The third-order valence-electron chi connectivity index (χ3n) is 2.47. The van der Waals surface area contributed by atoms with Crippen LogP contribution in [0.1, 0.15) is 22.8 Å². The Hall–Kier alpha value is -2.04. The smallest absolute Gasteiger partial charge is 0.253 e. The zero-order valence-electron chi connectivity index (χ0n) is 11.0. The van der Waals surface area contributed by atoms with E-state index in [1.807, 2.05) is 26.0 Å². The van der Waals surface area contributed by atoms with Gasteiger partial charge in [-0.05, 0) is 26.0 Å². The predicted octanol–water partition coefficient (Wildman–Crippen LogP) is 0.903. The van der Waals surface area contributed by atoms with Gasteiger partial charge in [-0.15, -0.1) is 0 Å². The summed E-state index contributed by atoms with van der Waals surface area (Å²) in [5, 5.41) is 8.17. The van der Waals surface area contributed by atoms with Crippen molar-refractivity contribution >= 4 is 17.5 Å². The maximum Gasteiger partial charge on any atom is 0.253 e. The standard InChI is InChI=1S/C13H19N3O2/c1-4-15-12(17)8-16-13(18)10-7-9(2)5-6-11(10)14-3/h5-7,14H,4,8H2,1-3H3,(H,15,17)(H,16,18). The summed E-state index contributed by atoms with van der Waals surface area (Å²) in [4.78, 5) is 23.2. The number of rotatable bonds is 5. The van der Waals surface area contributed by atoms with Crippen LogP contribution in [0.5, 0.6) is 0 Å². The van der Waals surface area contributed by atoms with Crippen LogP contribution in [-0.2, 0) is 4.79 Å². The second-order valence-corrected chi connectivity index (χ2v) is 3.94. The van der Waals surface area contributed by atoms with E-state index in [-0.39, 0.29) is 18.4 Å². The molecular formula is C13H19N3O2. The molecule has 0 atom stereocenters. The zero-order valence-corrected chi connectivity index (χ0v) is 11.0. The number of carbonyl (C=O) groups is 2. The van der Waals surface area contributed by atoms with Crippen molar-refractivity contribution in [2.75, 3.05) is 25.5 Å². The first-order valence-corrected chi connectivity index (χ1v) is 5.91. The molecule has 0 aliphatic carbocycles. The molecule has 5 nitrogen and oxygen atoms in total. The van der Waals surface area contributed by atoms with Crippen LogP contribution in [0.4, 0.5) is 5.69 Å². The summed E-state index contributed by atoms with van der Waals surface area (Å²) in [7, 11) is 1.76. The van der Waals surface area contributed by atoms with Crippen molar-refractivity contribution in [2.24, 2.45) is 0 Å². The average Bonchev–Trinajstić information content (AvgIpc) is 2.36. The van der Waals surface area contributed by atoms with Gasteiger partial charge in [0.15, 0.2) is 0 Å². The van der Waals surface area contributed by atoms with Crippen molar-refractivity contribution in [3.63, 3.8) is 0 Å². The highest BCUT2D eigenvalue weighted by Crippen LogP contribution is 2.16. The molecule has 5 heteroatoms. The maximum atomic E-state index is 12.0. The molecule has 0 radical (unpaired) electrons. The summed E-state index contributed by atoms with van der Waals surface area (Å²) < 4.78 is 0. The van der Waals surface area contributed by atoms with E-state index in [0.717, 1.165) is 11.3 Å². The average molecular weight is 249 g/mol. The molecule has 0 unspecified atom stereocenters. The van der Waals surface area contributed by atoms with E-state index < -0.39 is 0 Å². The zero-order chi connectivity index (χ0) is 13.5. The molecule has 98 valence electrons. The Labute approximate surface area is 107 Å². The first-order chi connectivity index (χ1) is 8.58. The number of aryl methyl sites for hydroxylation is 1. The van der Waals surface area contributed by atoms with Crippen LogP contribution in [0.15, 0.2) is 18.2 Å². The third kappa shape index (κ3) is 3.76. The lowest BCUT2D eigenvalue weighted by Gasteiger charge is -2.10. The lowest BCUT2D eigenvalue weighted by Crippen LogP contribution is -2.37. The fraction of sp³-hybridized carbons (Fsp3) is 0.385. The lowest BCUT2D eigenvalue weighted by atomic mass is 10.1. The van der Waals surface area contributed by atoms with Gasteiger partial charge in [0.2, 0.25) is 5.91 Å². The number of hydrogen-bond donors (Lipinski definition) is 3. The monoisotopic (exact) mass is 249 g/mol. The largest absolute Gasteiger partial charge is 0.387 e. The molecule has 0 aliphatic heterocycles. The van der Waals surface area contributed by atoms with E-state index in [4.69, 9.17) is 0 Å². The number of carbonyl (C=O) groups excluding carboxylic acids is 2. The molecule has 0 saturated carbocycles. The van der Waals surface area contributed by atoms with E-state index in [1.54, 1.807) is 13.1 Å². The number of hydrogen-bond acceptors (Lipinski definition) is 3. The molecule has 2 amide bonds. The molecule has 0 aromatic heterocycles. The molecule has 1 rings (SSSR count). The van der Waals surface area contributed by atoms with E-state index in [1.165, 1.54) is 0 Å². The van der Waals surface area contributed by atoms with Gasteiger partial charge in [-0.25, -0.2) is 0 Å². The summed E-state index contributed by atoms with van der Waals surface area (Å²) in [5.74, 6) is -0.446. The summed E-state index contributed by atoms with van der Waals surface area (Å²) in [6, 6.07) is 5.56. The van der Waals surface area contributed by atoms with Crippen molar-refractivity contribution in [2.45, 2.75) is 13.8 Å². The number of anilines is 1. The van der Waals surface area contributed by atoms with Gasteiger partial charge < -0.3 is 16.0 Å². The molecule has 0 fully saturated rings. The molecule has 0 aliphatic rings. The number of likely N-dealkylation sites (N-methyl/N-ethyl adjacent to an activating group) is 1. The van der Waals surface area contributed by atoms with Gasteiger partial charge in [0.05, 0.1) is 12.1 Å². The minimum atomic E-state index is -0.255. The SMILES string of the molecule is CCNC(=O)CNC(=O)c1cc(C)ccc1NC. The molecule has 18 heavy (non-hydrogen) atoms. The van der Waals surface area contributed by atoms with Crippen molar-refractivity contribution in [3.8, 4) is 0 Å². The Balaban J connectivity index is 2.71. The number of amides is 2. The van der Waals surface area contributed by atoms with Crippen molar-refractivity contribution < 1.29 is 9.59 Å². The molecule has 0 saturated heterocycles. The van der Waals surface area contributed by atoms with Crippen LogP contribution < -0.4 is 16.0 Å². The predicted molar refractivity (Wildman–Crippen MR) is 71.7 cm³/mol. The van der Waals surface area contributed by atoms with Gasteiger partial charge in [-0.3, -0.25) is 9.59 Å². The number of benzene rings is 1. The van der Waals surface area contributed by atoms with Crippen LogP contribution in [-0.4, -0.2) is 32.0 Å². The van der Waals surface area contributed by atoms with E-state index >= 15 is 0 Å². The third-order valence-corrected chi connectivity index (χ3v) is 2.47. The van der Waals surface area contributed by atoms with E-state index in [0.29, 0.717) is 12.1 Å². The normalized spacial score (nSPS) is 9.72. The maximum absolute atomic E-state index is 12.0. The molecule has 3 N–H and O–H groups in total. The first kappa shape index (κ1) is 14.0. The van der Waals surface area contributed by atoms with Crippen LogP contribution in [0.3, 0.4) is 0 Å². The van der Waals surface area contributed by atoms with Gasteiger partial charge in [0.1, 0.15) is 0 Å². The second kappa shape index (κ2) is 6.64. The van der Waals surface area contributed by atoms with Crippen molar-refractivity contribution in [3.05, 3.63) is 29.3 Å². The van der Waals surface area contributed by atoms with Crippen molar-refractivity contribution in [1.82, 2.24) is 10.6 Å². The van der Waals surface area contributed by atoms with Gasteiger partial charge in [0.25, 0.3) is 5.91 Å². The summed E-state index contributed by atoms with van der Waals surface area (Å²) >= 11 is 0. The van der Waals surface area contributed by atoms with E-state index in [9.17, 15) is 9.59 Å². The summed E-state index contributed by atoms with van der Waals surface area (Å²) in [6.45, 7) is 4.30. The Bertz CT molecular complexity index is 444. The van der Waals surface area contributed by atoms with Crippen LogP contribution >= 0.6 is 0 Å². The van der Waals surface area contributed by atoms with Gasteiger partial charge >= 0.3 is 0 Å². The molecule has 0 heterocycles. The highest BCUT2D eigenvalue weighted by molar-refractivity contribution is 6.01. The van der Waals surface area contributed by atoms with Crippen LogP contribution in [0.25, 0.3) is 0 Å². The summed E-state index contributed by atoms with van der Waals surface area (Å²) in [6.07, 6.45) is 0. The highest BCUT2D eigenvalue weighted by atomic mass is 16.2. The Morgan fingerprint density at radius 3 is 2.56 bits per heavy atom. The van der Waals surface area contributed by atoms with Gasteiger partial charge in [0, 0.05) is 19.3 Å². The molecule has 0 bridgehead atoms. The molecule has 1 aromatic rings. The molecular weight excluding hydrogens is 230 g/mol. The highest BCUT2D eigenvalue weighted by Gasteiger charge is 2.11. The fourth-order valence-electron chi connectivity index (χ4n) is 1.58. The molecule has 1 aromatic carbocycles. The topological polar surface area (TPSA) is 70.2 Å². The molecule has 0 spiro atoms. The van der Waals surface area contributed by atoms with Gasteiger partial charge in [-0.1, -0.05) is 11.6 Å². The first-order valence-electron chi connectivity index (χ1n) is 5.91. The summed E-state index contributed by atoms with van der Waals surface area (Å²) in [5.41, 5.74) is 2.29. The Morgan fingerprint density at radius 2 is 1.94 bits per heavy atom. The minimum absolute atomic E-state index is 0.0101. The van der Waals surface area contributed by atoms with E-state index in [2.05, 4.69) is 16.0 Å². The second-order valence-electron chi connectivity index (χ2n) is 3.94. The van der Waals surface area contributed by atoms with Crippen LogP contribution in [0.2, 0.25) is 0 Å².